The van der Waals surface area contributed by atoms with Crippen molar-refractivity contribution in [2.75, 3.05) is 19.7 Å². The minimum atomic E-state index is -1.18. The topological polar surface area (TPSA) is 60.8 Å². The van der Waals surface area contributed by atoms with Crippen LogP contribution in [0.4, 0.5) is 0 Å². The maximum atomic E-state index is 13.3. The second-order valence-corrected chi connectivity index (χ2v) is 6.85. The van der Waals surface area contributed by atoms with E-state index < -0.39 is 5.60 Å². The predicted octanol–water partition coefficient (Wildman–Crippen LogP) is 2.14. The molecule has 24 heavy (non-hydrogen) atoms. The molecule has 1 aliphatic heterocycles. The Morgan fingerprint density at radius 3 is 2.25 bits per heavy atom. The summed E-state index contributed by atoms with van der Waals surface area (Å²) in [7, 11) is 0. The fourth-order valence-corrected chi connectivity index (χ4v) is 4.03. The Bertz CT molecular complexity index is 742. The van der Waals surface area contributed by atoms with Crippen molar-refractivity contribution in [2.45, 2.75) is 24.4 Å². The van der Waals surface area contributed by atoms with Gasteiger partial charge in [-0.25, -0.2) is 0 Å². The van der Waals surface area contributed by atoms with Gasteiger partial charge in [0.2, 0.25) is 5.91 Å². The smallest absolute Gasteiger partial charge is 0.234 e. The molecule has 0 spiro atoms. The largest absolute Gasteiger partial charge is 0.393 e. The zero-order valence-corrected chi connectivity index (χ0v) is 13.5. The number of nitrogens with zero attached hydrogens (tertiary/aromatic N) is 1. The van der Waals surface area contributed by atoms with E-state index in [1.54, 1.807) is 4.90 Å². The van der Waals surface area contributed by atoms with E-state index in [1.807, 2.05) is 36.4 Å². The number of aliphatic hydroxyl groups excluding tert-OH is 1. The van der Waals surface area contributed by atoms with Gasteiger partial charge in [0, 0.05) is 6.54 Å². The Labute approximate surface area is 141 Å². The molecule has 124 valence electrons. The van der Waals surface area contributed by atoms with Gasteiger partial charge in [-0.3, -0.25) is 4.79 Å². The molecule has 0 aromatic heterocycles. The van der Waals surface area contributed by atoms with Crippen molar-refractivity contribution in [1.29, 1.82) is 0 Å². The average Bonchev–Trinajstić information content (AvgIpc) is 2.96. The molecule has 1 aliphatic carbocycles. The van der Waals surface area contributed by atoms with Crippen molar-refractivity contribution in [3.8, 4) is 11.1 Å². The van der Waals surface area contributed by atoms with E-state index in [4.69, 9.17) is 0 Å². The lowest BCUT2D eigenvalue weighted by Crippen LogP contribution is -2.53. The molecule has 2 aromatic carbocycles. The number of likely N-dealkylation sites (tertiary alicyclic amines) is 1. The Morgan fingerprint density at radius 2 is 1.67 bits per heavy atom. The average molecular weight is 323 g/mol. The number of carbonyl (C=O) groups is 1. The fraction of sp³-hybridized carbons (Fsp3) is 0.350. The predicted molar refractivity (Wildman–Crippen MR) is 91.6 cm³/mol. The third-order valence-corrected chi connectivity index (χ3v) is 5.24. The van der Waals surface area contributed by atoms with Crippen LogP contribution in [0.15, 0.2) is 48.5 Å². The lowest BCUT2D eigenvalue weighted by atomic mass is 9.90. The Morgan fingerprint density at radius 1 is 1.08 bits per heavy atom. The summed E-state index contributed by atoms with van der Waals surface area (Å²) < 4.78 is 0. The highest BCUT2D eigenvalue weighted by Gasteiger charge is 2.40. The van der Waals surface area contributed by atoms with E-state index in [1.165, 1.54) is 0 Å². The highest BCUT2D eigenvalue weighted by atomic mass is 16.3. The Hall–Kier alpha value is -2.17. The van der Waals surface area contributed by atoms with Crippen LogP contribution in [-0.4, -0.2) is 46.3 Å². The molecule has 0 unspecified atom stereocenters. The van der Waals surface area contributed by atoms with Gasteiger partial charge in [-0.05, 0) is 35.1 Å². The number of piperidine rings is 1. The van der Waals surface area contributed by atoms with E-state index >= 15 is 0 Å². The molecule has 2 N–H and O–H groups in total. The molecular weight excluding hydrogens is 302 g/mol. The number of fused-ring (bicyclic) bond motifs is 3. The summed E-state index contributed by atoms with van der Waals surface area (Å²) in [5.74, 6) is -0.308. The first-order chi connectivity index (χ1) is 11.6. The fourth-order valence-electron chi connectivity index (χ4n) is 4.03. The summed E-state index contributed by atoms with van der Waals surface area (Å²) >= 11 is 0. The summed E-state index contributed by atoms with van der Waals surface area (Å²) in [6, 6.07) is 16.1. The highest BCUT2D eigenvalue weighted by molar-refractivity contribution is 5.96. The molecule has 2 aliphatic rings. The number of rotatable bonds is 2. The maximum Gasteiger partial charge on any atom is 0.234 e. The number of benzene rings is 2. The van der Waals surface area contributed by atoms with E-state index in [-0.39, 0.29) is 25.0 Å². The van der Waals surface area contributed by atoms with E-state index in [2.05, 4.69) is 12.1 Å². The van der Waals surface area contributed by atoms with Gasteiger partial charge >= 0.3 is 0 Å². The minimum absolute atomic E-state index is 0.0129. The summed E-state index contributed by atoms with van der Waals surface area (Å²) in [5.41, 5.74) is 3.11. The van der Waals surface area contributed by atoms with Crippen molar-refractivity contribution in [3.05, 3.63) is 59.7 Å². The normalized spacial score (nSPS) is 23.0. The first kappa shape index (κ1) is 15.4. The number of carbonyl (C=O) groups excluding carboxylic acids is 1. The molecule has 2 aromatic rings. The SMILES string of the molecule is O=C(C1c2ccccc2-c2ccccc21)N1CCC[C@@](O)(CO)C1. The van der Waals surface area contributed by atoms with Crippen LogP contribution in [0, 0.1) is 0 Å². The lowest BCUT2D eigenvalue weighted by molar-refractivity contribution is -0.141. The molecule has 4 rings (SSSR count). The van der Waals surface area contributed by atoms with Crippen LogP contribution in [0.5, 0.6) is 0 Å². The van der Waals surface area contributed by atoms with E-state index in [0.717, 1.165) is 22.3 Å². The van der Waals surface area contributed by atoms with Crippen LogP contribution in [0.2, 0.25) is 0 Å². The summed E-state index contributed by atoms with van der Waals surface area (Å²) in [5, 5.41) is 19.8. The van der Waals surface area contributed by atoms with Crippen molar-refractivity contribution in [2.24, 2.45) is 0 Å². The molecule has 4 heteroatoms. The quantitative estimate of drug-likeness (QED) is 0.890. The van der Waals surface area contributed by atoms with Gasteiger partial charge < -0.3 is 15.1 Å². The molecule has 0 radical (unpaired) electrons. The van der Waals surface area contributed by atoms with Gasteiger partial charge in [0.15, 0.2) is 0 Å². The third kappa shape index (κ3) is 2.34. The van der Waals surface area contributed by atoms with Crippen molar-refractivity contribution in [1.82, 2.24) is 4.90 Å². The molecule has 1 saturated heterocycles. The zero-order valence-electron chi connectivity index (χ0n) is 13.5. The summed E-state index contributed by atoms with van der Waals surface area (Å²) in [6.07, 6.45) is 1.24. The van der Waals surface area contributed by atoms with Gasteiger partial charge in [-0.15, -0.1) is 0 Å². The lowest BCUT2D eigenvalue weighted by Gasteiger charge is -2.39. The summed E-state index contributed by atoms with van der Waals surface area (Å²) in [6.45, 7) is 0.514. The molecule has 1 heterocycles. The number of amides is 1. The molecule has 1 atom stereocenters. The third-order valence-electron chi connectivity index (χ3n) is 5.24. The number of hydrogen-bond acceptors (Lipinski definition) is 3. The van der Waals surface area contributed by atoms with Gasteiger partial charge in [-0.1, -0.05) is 48.5 Å². The van der Waals surface area contributed by atoms with Gasteiger partial charge in [0.25, 0.3) is 0 Å². The standard InChI is InChI=1S/C20H21NO3/c22-13-20(24)10-5-11-21(12-20)19(23)18-16-8-3-1-6-14(16)15-7-2-4-9-17(15)18/h1-4,6-9,18,22,24H,5,10-13H2/t20-/m0/s1. The first-order valence-electron chi connectivity index (χ1n) is 8.43. The number of β-amino-alcohol motifs (C(OH)–C–C–N with tert-alkyl or cyclic N) is 1. The van der Waals surface area contributed by atoms with Gasteiger partial charge in [0.1, 0.15) is 5.60 Å². The Balaban J connectivity index is 1.72. The highest BCUT2D eigenvalue weighted by Crippen LogP contribution is 2.45. The maximum absolute atomic E-state index is 13.3. The van der Waals surface area contributed by atoms with Crippen molar-refractivity contribution in [3.63, 3.8) is 0 Å². The van der Waals surface area contributed by atoms with Gasteiger partial charge in [0.05, 0.1) is 19.1 Å². The van der Waals surface area contributed by atoms with E-state index in [9.17, 15) is 15.0 Å². The van der Waals surface area contributed by atoms with Gasteiger partial charge in [-0.2, -0.15) is 0 Å². The van der Waals surface area contributed by atoms with E-state index in [0.29, 0.717) is 19.4 Å². The molecule has 1 fully saturated rings. The molecule has 0 saturated carbocycles. The van der Waals surface area contributed by atoms with Crippen molar-refractivity contribution < 1.29 is 15.0 Å². The first-order valence-corrected chi connectivity index (χ1v) is 8.43. The molecular formula is C20H21NO3. The second kappa shape index (κ2) is 5.72. The second-order valence-electron chi connectivity index (χ2n) is 6.85. The van der Waals surface area contributed by atoms with Crippen LogP contribution < -0.4 is 0 Å². The zero-order chi connectivity index (χ0) is 16.7. The molecule has 1 amide bonds. The van der Waals surface area contributed by atoms with Crippen LogP contribution >= 0.6 is 0 Å². The van der Waals surface area contributed by atoms with Crippen LogP contribution in [-0.2, 0) is 4.79 Å². The minimum Gasteiger partial charge on any atom is -0.393 e. The van der Waals surface area contributed by atoms with Crippen LogP contribution in [0.25, 0.3) is 11.1 Å². The number of hydrogen-bond donors (Lipinski definition) is 2. The number of aliphatic hydroxyl groups is 2. The Kier molecular flexibility index (Phi) is 3.66. The van der Waals surface area contributed by atoms with Crippen LogP contribution in [0.3, 0.4) is 0 Å². The van der Waals surface area contributed by atoms with Crippen molar-refractivity contribution >= 4 is 5.91 Å². The molecule has 0 bridgehead atoms. The molecule has 4 nitrogen and oxygen atoms in total. The summed E-state index contributed by atoms with van der Waals surface area (Å²) in [4.78, 5) is 15.0. The van der Waals surface area contributed by atoms with Crippen LogP contribution in [0.1, 0.15) is 29.9 Å². The monoisotopic (exact) mass is 323 g/mol.